The molecule has 0 amide bonds. The fraction of sp³-hybridized carbons (Fsp3) is 0. The Kier molecular flexibility index (Phi) is 2.60. The summed E-state index contributed by atoms with van der Waals surface area (Å²) in [6.07, 6.45) is 0. The topological polar surface area (TPSA) is 40.5 Å². The van der Waals surface area contributed by atoms with Crippen molar-refractivity contribution in [1.29, 1.82) is 0 Å². The number of halogens is 1. The van der Waals surface area contributed by atoms with Crippen LogP contribution in [0.4, 0.5) is 4.39 Å². The van der Waals surface area contributed by atoms with Gasteiger partial charge >= 0.3 is 7.12 Å². The third kappa shape index (κ3) is 2.26. The summed E-state index contributed by atoms with van der Waals surface area (Å²) in [7, 11) is 0.674. The number of hydrogen-bond donors (Lipinski definition) is 2. The van der Waals surface area contributed by atoms with Crippen molar-refractivity contribution in [3.8, 4) is 0 Å². The van der Waals surface area contributed by atoms with E-state index < -0.39 is 12.9 Å². The molecule has 0 radical (unpaired) electrons. The van der Waals surface area contributed by atoms with Crippen molar-refractivity contribution in [2.45, 2.75) is 0 Å². The molecule has 0 saturated carbocycles. The van der Waals surface area contributed by atoms with Gasteiger partial charge in [0.1, 0.15) is 5.82 Å². The molecule has 0 bridgehead atoms. The fourth-order valence-corrected chi connectivity index (χ4v) is 1.14. The number of benzene rings is 1. The molecule has 0 aliphatic rings. The first kappa shape index (κ1) is 8.66. The standard InChI is InChI=1S/C6H7BFO2P/c8-5-1-4(7(9)10)2-6(11)3-5/h1-3,9-10H,11H2. The average molecular weight is 172 g/mol. The highest BCUT2D eigenvalue weighted by atomic mass is 31.0. The van der Waals surface area contributed by atoms with Gasteiger partial charge in [-0.2, -0.15) is 0 Å². The molecule has 1 unspecified atom stereocenters. The van der Waals surface area contributed by atoms with Crippen molar-refractivity contribution in [3.05, 3.63) is 24.0 Å². The SMILES string of the molecule is OB(O)c1cc(F)cc(P)c1. The molecule has 58 valence electrons. The Morgan fingerprint density at radius 2 is 1.91 bits per heavy atom. The Morgan fingerprint density at radius 1 is 1.27 bits per heavy atom. The Hall–Kier alpha value is -0.435. The monoisotopic (exact) mass is 172 g/mol. The van der Waals surface area contributed by atoms with Crippen LogP contribution in [0.1, 0.15) is 0 Å². The van der Waals surface area contributed by atoms with Gasteiger partial charge in [0.05, 0.1) is 0 Å². The lowest BCUT2D eigenvalue weighted by molar-refractivity contribution is 0.425. The minimum atomic E-state index is -1.61. The Balaban J connectivity index is 3.08. The molecule has 1 aromatic rings. The lowest BCUT2D eigenvalue weighted by Gasteiger charge is -2.00. The summed E-state index contributed by atoms with van der Waals surface area (Å²) in [6, 6.07) is 3.85. The van der Waals surface area contributed by atoms with E-state index in [9.17, 15) is 4.39 Å². The van der Waals surface area contributed by atoms with Crippen LogP contribution >= 0.6 is 9.24 Å². The van der Waals surface area contributed by atoms with E-state index in [2.05, 4.69) is 9.24 Å². The first-order valence-electron chi connectivity index (χ1n) is 3.01. The van der Waals surface area contributed by atoms with Gasteiger partial charge in [-0.15, -0.1) is 9.24 Å². The van der Waals surface area contributed by atoms with E-state index in [0.717, 1.165) is 6.07 Å². The van der Waals surface area contributed by atoms with E-state index in [4.69, 9.17) is 10.0 Å². The van der Waals surface area contributed by atoms with Gasteiger partial charge in [0.25, 0.3) is 0 Å². The molecule has 1 aromatic carbocycles. The maximum atomic E-state index is 12.6. The maximum Gasteiger partial charge on any atom is 0.488 e. The molecule has 0 aromatic heterocycles. The average Bonchev–Trinajstić information content (AvgIpc) is 1.85. The highest BCUT2D eigenvalue weighted by molar-refractivity contribution is 7.27. The second-order valence-electron chi connectivity index (χ2n) is 2.19. The first-order chi connectivity index (χ1) is 5.09. The van der Waals surface area contributed by atoms with Crippen molar-refractivity contribution < 1.29 is 14.4 Å². The lowest BCUT2D eigenvalue weighted by atomic mass is 9.80. The van der Waals surface area contributed by atoms with Crippen molar-refractivity contribution in [2.75, 3.05) is 0 Å². The van der Waals surface area contributed by atoms with Gasteiger partial charge in [0.15, 0.2) is 0 Å². The van der Waals surface area contributed by atoms with E-state index in [1.165, 1.54) is 12.1 Å². The summed E-state index contributed by atoms with van der Waals surface area (Å²) in [5.74, 6) is -0.472. The van der Waals surface area contributed by atoms with E-state index in [1.807, 2.05) is 0 Å². The first-order valence-corrected chi connectivity index (χ1v) is 3.59. The highest BCUT2D eigenvalue weighted by Gasteiger charge is 2.11. The van der Waals surface area contributed by atoms with Gasteiger partial charge in [-0.25, -0.2) is 4.39 Å². The van der Waals surface area contributed by atoms with E-state index in [0.29, 0.717) is 5.30 Å². The van der Waals surface area contributed by atoms with Crippen molar-refractivity contribution in [2.24, 2.45) is 0 Å². The third-order valence-corrected chi connectivity index (χ3v) is 1.57. The minimum Gasteiger partial charge on any atom is -0.423 e. The van der Waals surface area contributed by atoms with E-state index >= 15 is 0 Å². The zero-order chi connectivity index (χ0) is 8.43. The Labute approximate surface area is 66.4 Å². The molecule has 0 spiro atoms. The van der Waals surface area contributed by atoms with Crippen LogP contribution in [0.2, 0.25) is 0 Å². The molecule has 11 heavy (non-hydrogen) atoms. The molecular weight excluding hydrogens is 165 g/mol. The molecule has 1 atom stereocenters. The van der Waals surface area contributed by atoms with Gasteiger partial charge < -0.3 is 10.0 Å². The number of hydrogen-bond acceptors (Lipinski definition) is 2. The maximum absolute atomic E-state index is 12.6. The smallest absolute Gasteiger partial charge is 0.423 e. The second-order valence-corrected chi connectivity index (χ2v) is 2.86. The molecule has 2 N–H and O–H groups in total. The molecule has 0 aliphatic carbocycles. The van der Waals surface area contributed by atoms with Gasteiger partial charge in [-0.05, 0) is 22.9 Å². The fourth-order valence-electron chi connectivity index (χ4n) is 0.785. The van der Waals surface area contributed by atoms with Crippen LogP contribution in [0, 0.1) is 5.82 Å². The molecule has 0 fully saturated rings. The van der Waals surface area contributed by atoms with E-state index in [1.54, 1.807) is 0 Å². The summed E-state index contributed by atoms with van der Waals surface area (Å²) >= 11 is 0. The van der Waals surface area contributed by atoms with Gasteiger partial charge in [0, 0.05) is 0 Å². The van der Waals surface area contributed by atoms with Crippen LogP contribution in [0.5, 0.6) is 0 Å². The van der Waals surface area contributed by atoms with Crippen LogP contribution in [0.15, 0.2) is 18.2 Å². The summed E-state index contributed by atoms with van der Waals surface area (Å²) in [6.45, 7) is 0. The second kappa shape index (κ2) is 3.31. The molecule has 0 saturated heterocycles. The Bertz CT molecular complexity index is 247. The summed E-state index contributed by atoms with van der Waals surface area (Å²) < 4.78 is 12.6. The molecule has 5 heteroatoms. The predicted octanol–water partition coefficient (Wildman–Crippen LogP) is -0.994. The zero-order valence-corrected chi connectivity index (χ0v) is 6.81. The van der Waals surface area contributed by atoms with Crippen molar-refractivity contribution >= 4 is 27.1 Å². The number of rotatable bonds is 1. The van der Waals surface area contributed by atoms with Gasteiger partial charge in [-0.1, -0.05) is 6.07 Å². The Morgan fingerprint density at radius 3 is 2.36 bits per heavy atom. The largest absolute Gasteiger partial charge is 0.488 e. The molecule has 2 nitrogen and oxygen atoms in total. The van der Waals surface area contributed by atoms with Gasteiger partial charge in [-0.3, -0.25) is 0 Å². The van der Waals surface area contributed by atoms with Crippen LogP contribution in [0.3, 0.4) is 0 Å². The predicted molar refractivity (Wildman–Crippen MR) is 45.6 cm³/mol. The van der Waals surface area contributed by atoms with E-state index in [-0.39, 0.29) is 5.46 Å². The summed E-state index contributed by atoms with van der Waals surface area (Å²) in [4.78, 5) is 0. The third-order valence-electron chi connectivity index (χ3n) is 1.24. The summed E-state index contributed by atoms with van der Waals surface area (Å²) in [5.41, 5.74) is 0.162. The molecular formula is C6H7BFO2P. The van der Waals surface area contributed by atoms with Crippen molar-refractivity contribution in [3.63, 3.8) is 0 Å². The van der Waals surface area contributed by atoms with Crippen LogP contribution in [-0.4, -0.2) is 17.2 Å². The van der Waals surface area contributed by atoms with Crippen LogP contribution in [0.25, 0.3) is 0 Å². The molecule has 0 heterocycles. The van der Waals surface area contributed by atoms with Crippen LogP contribution in [-0.2, 0) is 0 Å². The van der Waals surface area contributed by atoms with Crippen molar-refractivity contribution in [1.82, 2.24) is 0 Å². The molecule has 1 rings (SSSR count). The summed E-state index contributed by atoms with van der Waals surface area (Å²) in [5, 5.41) is 17.9. The quantitative estimate of drug-likeness (QED) is 0.421. The van der Waals surface area contributed by atoms with Crippen LogP contribution < -0.4 is 10.8 Å². The minimum absolute atomic E-state index is 0.162. The molecule has 0 aliphatic heterocycles. The lowest BCUT2D eigenvalue weighted by Crippen LogP contribution is -2.31. The highest BCUT2D eigenvalue weighted by Crippen LogP contribution is 1.94. The zero-order valence-electron chi connectivity index (χ0n) is 5.66. The normalized spacial score (nSPS) is 9.82. The van der Waals surface area contributed by atoms with Gasteiger partial charge in [0.2, 0.25) is 0 Å².